The van der Waals surface area contributed by atoms with E-state index in [2.05, 4.69) is 5.10 Å². The first-order chi connectivity index (χ1) is 8.66. The summed E-state index contributed by atoms with van der Waals surface area (Å²) in [6.07, 6.45) is 2.00. The van der Waals surface area contributed by atoms with Crippen molar-refractivity contribution in [2.75, 3.05) is 0 Å². The number of carboxylic acid groups (broad SMARTS) is 1. The molecule has 1 aliphatic carbocycles. The summed E-state index contributed by atoms with van der Waals surface area (Å²) in [5.74, 6) is -1.20. The molecule has 4 nitrogen and oxygen atoms in total. The van der Waals surface area contributed by atoms with Gasteiger partial charge in [-0.25, -0.2) is 13.9 Å². The summed E-state index contributed by atoms with van der Waals surface area (Å²) in [6.45, 7) is 0. The predicted octanol–water partition coefficient (Wildman–Crippen LogP) is 2.59. The number of hydrogen-bond donors (Lipinski definition) is 1. The number of hydrogen-bond acceptors (Lipinski definition) is 2. The lowest BCUT2D eigenvalue weighted by atomic mass is 10.2. The summed E-state index contributed by atoms with van der Waals surface area (Å²) in [4.78, 5) is 11.0. The third-order valence-corrected chi connectivity index (χ3v) is 3.03. The standard InChI is InChI=1S/C13H11FN2O2/c14-9-3-1-2-4-11(9)16-12(8-5-6-8)7-10(15-16)13(17)18/h1-4,7-8H,5-6H2,(H,17,18). The molecule has 1 aromatic carbocycles. The van der Waals surface area contributed by atoms with Gasteiger partial charge in [0.1, 0.15) is 11.5 Å². The van der Waals surface area contributed by atoms with Gasteiger partial charge in [0.25, 0.3) is 0 Å². The molecule has 92 valence electrons. The SMILES string of the molecule is O=C(O)c1cc(C2CC2)n(-c2ccccc2F)n1. The fraction of sp³-hybridized carbons (Fsp3) is 0.231. The molecule has 0 amide bonds. The van der Waals surface area contributed by atoms with Gasteiger partial charge in [0.2, 0.25) is 0 Å². The van der Waals surface area contributed by atoms with E-state index in [1.807, 2.05) is 0 Å². The van der Waals surface area contributed by atoms with Crippen molar-refractivity contribution < 1.29 is 14.3 Å². The molecule has 3 rings (SSSR count). The molecule has 2 aromatic rings. The number of aromatic carboxylic acids is 1. The molecular weight excluding hydrogens is 235 g/mol. The Labute approximate surface area is 103 Å². The highest BCUT2D eigenvalue weighted by Gasteiger charge is 2.30. The number of para-hydroxylation sites is 1. The molecular formula is C13H11FN2O2. The molecule has 1 aliphatic rings. The van der Waals surface area contributed by atoms with E-state index in [1.54, 1.807) is 18.2 Å². The molecule has 1 heterocycles. The zero-order valence-electron chi connectivity index (χ0n) is 9.51. The molecule has 1 N–H and O–H groups in total. The Bertz CT molecular complexity index is 617. The van der Waals surface area contributed by atoms with E-state index in [-0.39, 0.29) is 5.69 Å². The van der Waals surface area contributed by atoms with Crippen molar-refractivity contribution >= 4 is 5.97 Å². The fourth-order valence-electron chi connectivity index (χ4n) is 1.99. The second-order valence-electron chi connectivity index (χ2n) is 4.40. The van der Waals surface area contributed by atoms with Crippen LogP contribution in [0.15, 0.2) is 30.3 Å². The van der Waals surface area contributed by atoms with Crippen molar-refractivity contribution in [3.05, 3.63) is 47.5 Å². The Morgan fingerprint density at radius 3 is 2.72 bits per heavy atom. The van der Waals surface area contributed by atoms with E-state index in [1.165, 1.54) is 16.8 Å². The van der Waals surface area contributed by atoms with E-state index >= 15 is 0 Å². The first kappa shape index (κ1) is 11.0. The number of rotatable bonds is 3. The maximum absolute atomic E-state index is 13.7. The number of carbonyl (C=O) groups is 1. The van der Waals surface area contributed by atoms with Gasteiger partial charge in [0.15, 0.2) is 5.69 Å². The Morgan fingerprint density at radius 2 is 2.11 bits per heavy atom. The van der Waals surface area contributed by atoms with Crippen molar-refractivity contribution in [3.8, 4) is 5.69 Å². The van der Waals surface area contributed by atoms with Gasteiger partial charge < -0.3 is 5.11 Å². The van der Waals surface area contributed by atoms with Crippen molar-refractivity contribution in [2.45, 2.75) is 18.8 Å². The van der Waals surface area contributed by atoms with Crippen LogP contribution in [0.1, 0.15) is 34.9 Å². The van der Waals surface area contributed by atoms with Crippen LogP contribution in [0.4, 0.5) is 4.39 Å². The van der Waals surface area contributed by atoms with Crippen molar-refractivity contribution in [2.24, 2.45) is 0 Å². The lowest BCUT2D eigenvalue weighted by Crippen LogP contribution is -2.05. The summed E-state index contributed by atoms with van der Waals surface area (Å²) in [5, 5.41) is 13.0. The number of halogens is 1. The lowest BCUT2D eigenvalue weighted by molar-refractivity contribution is 0.0690. The number of aromatic nitrogens is 2. The molecule has 0 unspecified atom stereocenters. The zero-order chi connectivity index (χ0) is 12.7. The van der Waals surface area contributed by atoms with Gasteiger partial charge in [-0.3, -0.25) is 0 Å². The third kappa shape index (κ3) is 1.77. The van der Waals surface area contributed by atoms with Gasteiger partial charge in [-0.1, -0.05) is 12.1 Å². The predicted molar refractivity (Wildman–Crippen MR) is 62.5 cm³/mol. The van der Waals surface area contributed by atoms with Crippen molar-refractivity contribution in [1.29, 1.82) is 0 Å². The number of nitrogens with zero attached hydrogens (tertiary/aromatic N) is 2. The maximum Gasteiger partial charge on any atom is 0.356 e. The van der Waals surface area contributed by atoms with Crippen LogP contribution >= 0.6 is 0 Å². The minimum Gasteiger partial charge on any atom is -0.476 e. The Kier molecular flexibility index (Phi) is 2.40. The summed E-state index contributed by atoms with van der Waals surface area (Å²) in [5.41, 5.74) is 1.03. The summed E-state index contributed by atoms with van der Waals surface area (Å²) >= 11 is 0. The second kappa shape index (κ2) is 3.94. The van der Waals surface area contributed by atoms with E-state index in [0.29, 0.717) is 11.6 Å². The second-order valence-corrected chi connectivity index (χ2v) is 4.40. The van der Waals surface area contributed by atoms with Crippen LogP contribution in [0.5, 0.6) is 0 Å². The molecule has 5 heteroatoms. The average Bonchev–Trinajstić information content (AvgIpc) is 3.09. The molecule has 0 aliphatic heterocycles. The molecule has 0 saturated heterocycles. The highest BCUT2D eigenvalue weighted by molar-refractivity contribution is 5.85. The lowest BCUT2D eigenvalue weighted by Gasteiger charge is -2.06. The molecule has 1 aromatic heterocycles. The van der Waals surface area contributed by atoms with E-state index < -0.39 is 11.8 Å². The van der Waals surface area contributed by atoms with Crippen LogP contribution in [0.2, 0.25) is 0 Å². The van der Waals surface area contributed by atoms with Gasteiger partial charge in [0.05, 0.1) is 0 Å². The normalized spacial score (nSPS) is 14.7. The van der Waals surface area contributed by atoms with E-state index in [4.69, 9.17) is 5.11 Å². The fourth-order valence-corrected chi connectivity index (χ4v) is 1.99. The number of carboxylic acids is 1. The Hall–Kier alpha value is -2.17. The smallest absolute Gasteiger partial charge is 0.356 e. The quantitative estimate of drug-likeness (QED) is 0.905. The van der Waals surface area contributed by atoms with Gasteiger partial charge in [-0.15, -0.1) is 0 Å². The van der Waals surface area contributed by atoms with Crippen molar-refractivity contribution in [3.63, 3.8) is 0 Å². The van der Waals surface area contributed by atoms with Gasteiger partial charge in [-0.2, -0.15) is 5.10 Å². The van der Waals surface area contributed by atoms with Crippen LogP contribution in [0.25, 0.3) is 5.69 Å². The molecule has 0 spiro atoms. The third-order valence-electron chi connectivity index (χ3n) is 3.03. The van der Waals surface area contributed by atoms with Crippen LogP contribution in [-0.4, -0.2) is 20.9 Å². The Balaban J connectivity index is 2.15. The topological polar surface area (TPSA) is 55.1 Å². The average molecular weight is 246 g/mol. The number of benzene rings is 1. The highest BCUT2D eigenvalue weighted by atomic mass is 19.1. The van der Waals surface area contributed by atoms with Gasteiger partial charge >= 0.3 is 5.97 Å². The summed E-state index contributed by atoms with van der Waals surface area (Å²) in [6, 6.07) is 7.77. The summed E-state index contributed by atoms with van der Waals surface area (Å²) < 4.78 is 15.2. The van der Waals surface area contributed by atoms with Crippen molar-refractivity contribution in [1.82, 2.24) is 9.78 Å². The first-order valence-corrected chi connectivity index (χ1v) is 5.75. The van der Waals surface area contributed by atoms with Crippen LogP contribution in [0, 0.1) is 5.82 Å². The minimum absolute atomic E-state index is 0.0415. The van der Waals surface area contributed by atoms with Gasteiger partial charge in [0, 0.05) is 11.6 Å². The Morgan fingerprint density at radius 1 is 1.39 bits per heavy atom. The minimum atomic E-state index is -1.09. The maximum atomic E-state index is 13.7. The van der Waals surface area contributed by atoms with E-state index in [0.717, 1.165) is 18.5 Å². The first-order valence-electron chi connectivity index (χ1n) is 5.75. The zero-order valence-corrected chi connectivity index (χ0v) is 9.51. The largest absolute Gasteiger partial charge is 0.476 e. The molecule has 18 heavy (non-hydrogen) atoms. The molecule has 0 atom stereocenters. The van der Waals surface area contributed by atoms with Crippen LogP contribution < -0.4 is 0 Å². The molecule has 0 radical (unpaired) electrons. The van der Waals surface area contributed by atoms with Crippen LogP contribution in [0.3, 0.4) is 0 Å². The highest BCUT2D eigenvalue weighted by Crippen LogP contribution is 2.41. The van der Waals surface area contributed by atoms with E-state index in [9.17, 15) is 9.18 Å². The molecule has 1 fully saturated rings. The molecule has 0 bridgehead atoms. The van der Waals surface area contributed by atoms with Crippen LogP contribution in [-0.2, 0) is 0 Å². The summed E-state index contributed by atoms with van der Waals surface area (Å²) in [7, 11) is 0. The van der Waals surface area contributed by atoms with Gasteiger partial charge in [-0.05, 0) is 31.0 Å². The monoisotopic (exact) mass is 246 g/mol. The molecule has 1 saturated carbocycles.